The highest BCUT2D eigenvalue weighted by atomic mass is 32.2. The first-order valence-electron chi connectivity index (χ1n) is 7.74. The number of benzene rings is 1. The second-order valence-electron chi connectivity index (χ2n) is 6.06. The SMILES string of the molecule is COC(=O)c1cc(NC(=O)C2(CN)CCOCC2)cc(S(C)(=O)=O)c1. The average Bonchev–Trinajstić information content (AvgIpc) is 2.60. The van der Waals surface area contributed by atoms with E-state index in [0.717, 1.165) is 6.26 Å². The number of anilines is 1. The van der Waals surface area contributed by atoms with Crippen molar-refractivity contribution >= 4 is 27.4 Å². The predicted octanol–water partition coefficient (Wildman–Crippen LogP) is 0.571. The van der Waals surface area contributed by atoms with E-state index >= 15 is 0 Å². The van der Waals surface area contributed by atoms with Gasteiger partial charge in [0.15, 0.2) is 9.84 Å². The molecule has 1 aromatic rings. The van der Waals surface area contributed by atoms with Crippen LogP contribution in [0.25, 0.3) is 0 Å². The van der Waals surface area contributed by atoms with E-state index in [1.165, 1.54) is 25.3 Å². The summed E-state index contributed by atoms with van der Waals surface area (Å²) in [4.78, 5) is 24.4. The van der Waals surface area contributed by atoms with Gasteiger partial charge in [0.25, 0.3) is 0 Å². The van der Waals surface area contributed by atoms with Crippen molar-refractivity contribution in [2.24, 2.45) is 11.1 Å². The van der Waals surface area contributed by atoms with E-state index in [1.807, 2.05) is 0 Å². The topological polar surface area (TPSA) is 125 Å². The lowest BCUT2D eigenvalue weighted by Gasteiger charge is -2.34. The summed E-state index contributed by atoms with van der Waals surface area (Å²) in [6, 6.07) is 3.90. The van der Waals surface area contributed by atoms with Crippen molar-refractivity contribution in [3.05, 3.63) is 23.8 Å². The molecule has 1 heterocycles. The lowest BCUT2D eigenvalue weighted by atomic mass is 9.79. The minimum atomic E-state index is -3.57. The lowest BCUT2D eigenvalue weighted by molar-refractivity contribution is -0.130. The number of esters is 1. The van der Waals surface area contributed by atoms with Crippen LogP contribution in [0.4, 0.5) is 5.69 Å². The van der Waals surface area contributed by atoms with Gasteiger partial charge in [-0.15, -0.1) is 0 Å². The molecule has 0 unspecified atom stereocenters. The molecular weight excluding hydrogens is 348 g/mol. The Kier molecular flexibility index (Phi) is 5.81. The molecule has 1 fully saturated rings. The number of nitrogens with two attached hydrogens (primary N) is 1. The second-order valence-corrected chi connectivity index (χ2v) is 8.08. The number of rotatable bonds is 5. The first-order chi connectivity index (χ1) is 11.7. The summed E-state index contributed by atoms with van der Waals surface area (Å²) in [5.41, 5.74) is 5.27. The van der Waals surface area contributed by atoms with Crippen molar-refractivity contribution in [2.75, 3.05) is 38.4 Å². The Morgan fingerprint density at radius 1 is 1.28 bits per heavy atom. The second kappa shape index (κ2) is 7.51. The number of amides is 1. The summed E-state index contributed by atoms with van der Waals surface area (Å²) in [5, 5.41) is 2.69. The zero-order valence-electron chi connectivity index (χ0n) is 14.2. The minimum absolute atomic E-state index is 0.0366. The number of carbonyl (C=O) groups excluding carboxylic acids is 2. The van der Waals surface area contributed by atoms with Crippen LogP contribution >= 0.6 is 0 Å². The molecule has 1 saturated heterocycles. The fraction of sp³-hybridized carbons (Fsp3) is 0.500. The molecule has 0 radical (unpaired) electrons. The number of carbonyl (C=O) groups is 2. The quantitative estimate of drug-likeness (QED) is 0.726. The van der Waals surface area contributed by atoms with Crippen LogP contribution in [0.15, 0.2) is 23.1 Å². The summed E-state index contributed by atoms with van der Waals surface area (Å²) < 4.78 is 33.6. The highest BCUT2D eigenvalue weighted by Gasteiger charge is 2.39. The van der Waals surface area contributed by atoms with Gasteiger partial charge < -0.3 is 20.5 Å². The van der Waals surface area contributed by atoms with Gasteiger partial charge in [-0.2, -0.15) is 0 Å². The summed E-state index contributed by atoms with van der Waals surface area (Å²) in [7, 11) is -2.38. The number of sulfone groups is 1. The maximum atomic E-state index is 12.7. The van der Waals surface area contributed by atoms with Gasteiger partial charge in [0.05, 0.1) is 23.0 Å². The molecule has 0 spiro atoms. The van der Waals surface area contributed by atoms with E-state index in [9.17, 15) is 18.0 Å². The molecule has 0 aromatic heterocycles. The lowest BCUT2D eigenvalue weighted by Crippen LogP contribution is -2.46. The van der Waals surface area contributed by atoms with E-state index in [2.05, 4.69) is 10.1 Å². The van der Waals surface area contributed by atoms with Crippen LogP contribution in [0.1, 0.15) is 23.2 Å². The Hall–Kier alpha value is -1.97. The van der Waals surface area contributed by atoms with E-state index < -0.39 is 21.2 Å². The monoisotopic (exact) mass is 370 g/mol. The Morgan fingerprint density at radius 2 is 1.92 bits per heavy atom. The van der Waals surface area contributed by atoms with Crippen LogP contribution in [0, 0.1) is 5.41 Å². The first kappa shape index (κ1) is 19.4. The standard InChI is InChI=1S/C16H22N2O6S/c1-23-14(19)11-7-12(9-13(8-11)25(2,21)22)18-15(20)16(10-17)3-5-24-6-4-16/h7-9H,3-6,10,17H2,1-2H3,(H,18,20). The molecule has 8 nitrogen and oxygen atoms in total. The van der Waals surface area contributed by atoms with Crippen LogP contribution in [0.3, 0.4) is 0 Å². The summed E-state index contributed by atoms with van der Waals surface area (Å²) >= 11 is 0. The number of methoxy groups -OCH3 is 1. The average molecular weight is 370 g/mol. The molecule has 0 bridgehead atoms. The molecule has 0 atom stereocenters. The largest absolute Gasteiger partial charge is 0.465 e. The first-order valence-corrected chi connectivity index (χ1v) is 9.64. The Bertz CT molecular complexity index is 769. The molecule has 1 aromatic carbocycles. The molecule has 0 saturated carbocycles. The van der Waals surface area contributed by atoms with Crippen molar-refractivity contribution in [3.63, 3.8) is 0 Å². The summed E-state index contributed by atoms with van der Waals surface area (Å²) in [6.07, 6.45) is 1.98. The van der Waals surface area contributed by atoms with Gasteiger partial charge in [0.2, 0.25) is 5.91 Å². The predicted molar refractivity (Wildman–Crippen MR) is 91.1 cm³/mol. The van der Waals surface area contributed by atoms with Crippen LogP contribution < -0.4 is 11.1 Å². The molecule has 1 aliphatic heterocycles. The van der Waals surface area contributed by atoms with Crippen LogP contribution in [-0.4, -0.2) is 53.4 Å². The normalized spacial score (nSPS) is 16.9. The summed E-state index contributed by atoms with van der Waals surface area (Å²) in [6.45, 7) is 1.01. The van der Waals surface area contributed by atoms with Gasteiger partial charge in [-0.1, -0.05) is 0 Å². The van der Waals surface area contributed by atoms with E-state index in [4.69, 9.17) is 10.5 Å². The maximum Gasteiger partial charge on any atom is 0.337 e. The fourth-order valence-corrected chi connectivity index (χ4v) is 3.35. The smallest absolute Gasteiger partial charge is 0.337 e. The van der Waals surface area contributed by atoms with Gasteiger partial charge in [-0.3, -0.25) is 4.79 Å². The van der Waals surface area contributed by atoms with Crippen molar-refractivity contribution in [1.82, 2.24) is 0 Å². The van der Waals surface area contributed by atoms with Crippen molar-refractivity contribution in [2.45, 2.75) is 17.7 Å². The zero-order valence-corrected chi connectivity index (χ0v) is 15.0. The van der Waals surface area contributed by atoms with Crippen LogP contribution in [0.2, 0.25) is 0 Å². The van der Waals surface area contributed by atoms with E-state index in [-0.39, 0.29) is 28.6 Å². The van der Waals surface area contributed by atoms with Crippen molar-refractivity contribution in [3.8, 4) is 0 Å². The minimum Gasteiger partial charge on any atom is -0.465 e. The van der Waals surface area contributed by atoms with E-state index in [0.29, 0.717) is 26.1 Å². The molecule has 1 amide bonds. The number of nitrogens with one attached hydrogen (secondary N) is 1. The molecule has 25 heavy (non-hydrogen) atoms. The van der Waals surface area contributed by atoms with Gasteiger partial charge in [0.1, 0.15) is 0 Å². The maximum absolute atomic E-state index is 12.7. The zero-order chi connectivity index (χ0) is 18.7. The highest BCUT2D eigenvalue weighted by Crippen LogP contribution is 2.31. The van der Waals surface area contributed by atoms with Crippen LogP contribution in [0.5, 0.6) is 0 Å². The Balaban J connectivity index is 2.37. The van der Waals surface area contributed by atoms with Gasteiger partial charge >= 0.3 is 5.97 Å². The number of hydrogen-bond donors (Lipinski definition) is 2. The number of hydrogen-bond acceptors (Lipinski definition) is 7. The molecule has 9 heteroatoms. The Labute approximate surface area is 146 Å². The van der Waals surface area contributed by atoms with Gasteiger partial charge in [0, 0.05) is 31.7 Å². The molecule has 0 aliphatic carbocycles. The fourth-order valence-electron chi connectivity index (χ4n) is 2.67. The highest BCUT2D eigenvalue weighted by molar-refractivity contribution is 7.90. The molecule has 3 N–H and O–H groups in total. The van der Waals surface area contributed by atoms with Gasteiger partial charge in [-0.25, -0.2) is 13.2 Å². The van der Waals surface area contributed by atoms with Gasteiger partial charge in [-0.05, 0) is 31.0 Å². The number of ether oxygens (including phenoxy) is 2. The van der Waals surface area contributed by atoms with Crippen LogP contribution in [-0.2, 0) is 24.1 Å². The third kappa shape index (κ3) is 4.36. The van der Waals surface area contributed by atoms with Crippen molar-refractivity contribution in [1.29, 1.82) is 0 Å². The molecule has 1 aliphatic rings. The molecular formula is C16H22N2O6S. The molecule has 2 rings (SSSR count). The van der Waals surface area contributed by atoms with E-state index in [1.54, 1.807) is 0 Å². The third-order valence-corrected chi connectivity index (χ3v) is 5.43. The molecule has 138 valence electrons. The Morgan fingerprint density at radius 3 is 2.44 bits per heavy atom. The third-order valence-electron chi connectivity index (χ3n) is 4.34. The van der Waals surface area contributed by atoms with Crippen molar-refractivity contribution < 1.29 is 27.5 Å². The summed E-state index contributed by atoms with van der Waals surface area (Å²) in [5.74, 6) is -1.01.